The number of nitrogens with zero attached hydrogens (tertiary/aromatic N) is 3. The maximum Gasteiger partial charge on any atom is 0.416 e. The minimum atomic E-state index is -4.52. The van der Waals surface area contributed by atoms with Crippen LogP contribution < -0.4 is 10.6 Å². The van der Waals surface area contributed by atoms with E-state index >= 15 is 0 Å². The molecule has 3 aromatic rings. The highest BCUT2D eigenvalue weighted by molar-refractivity contribution is 6.05. The van der Waals surface area contributed by atoms with Gasteiger partial charge in [-0.25, -0.2) is 0 Å². The molecule has 0 aliphatic heterocycles. The van der Waals surface area contributed by atoms with Gasteiger partial charge in [-0.05, 0) is 62.2 Å². The van der Waals surface area contributed by atoms with Crippen molar-refractivity contribution in [1.29, 1.82) is 5.26 Å². The minimum Gasteiger partial charge on any atom is -0.326 e. The van der Waals surface area contributed by atoms with Crippen LogP contribution in [0.4, 0.5) is 24.5 Å². The van der Waals surface area contributed by atoms with Crippen molar-refractivity contribution in [3.8, 4) is 6.07 Å². The van der Waals surface area contributed by atoms with E-state index in [4.69, 9.17) is 5.26 Å². The number of hydrogen-bond donors (Lipinski definition) is 2. The van der Waals surface area contributed by atoms with Gasteiger partial charge in [0, 0.05) is 29.1 Å². The first-order valence-corrected chi connectivity index (χ1v) is 10.9. The second-order valence-electron chi connectivity index (χ2n) is 7.94. The summed E-state index contributed by atoms with van der Waals surface area (Å²) in [5.74, 6) is -0.861. The van der Waals surface area contributed by atoms with Gasteiger partial charge >= 0.3 is 6.18 Å². The standard InChI is InChI=1S/C25H24F3N5O2/c1-16-22(17(2)33(32-16)13-5-12-29)10-11-23(34)30-20-8-3-6-18(14-20)24(35)31-21-9-4-7-19(15-21)25(26,27)28/h3-4,6-9,14-15H,5,10-11,13H2,1-2H3,(H,30,34)(H,31,35). The third-order valence-corrected chi connectivity index (χ3v) is 5.43. The molecule has 0 saturated heterocycles. The van der Waals surface area contributed by atoms with E-state index < -0.39 is 17.6 Å². The zero-order valence-electron chi connectivity index (χ0n) is 19.2. The lowest BCUT2D eigenvalue weighted by Crippen LogP contribution is -2.15. The number of carbonyl (C=O) groups excluding carboxylic acids is 2. The predicted octanol–water partition coefficient (Wildman–Crippen LogP) is 5.26. The number of nitriles is 1. The molecule has 1 heterocycles. The van der Waals surface area contributed by atoms with Gasteiger partial charge in [-0.1, -0.05) is 12.1 Å². The topological polar surface area (TPSA) is 99.8 Å². The number of nitrogens with one attached hydrogen (secondary N) is 2. The van der Waals surface area contributed by atoms with E-state index in [9.17, 15) is 22.8 Å². The SMILES string of the molecule is Cc1nn(CCC#N)c(C)c1CCC(=O)Nc1cccc(C(=O)Nc2cccc(C(F)(F)F)c2)c1. The van der Waals surface area contributed by atoms with Crippen LogP contribution in [0.25, 0.3) is 0 Å². The van der Waals surface area contributed by atoms with E-state index in [1.165, 1.54) is 24.3 Å². The highest BCUT2D eigenvalue weighted by atomic mass is 19.4. The fourth-order valence-electron chi connectivity index (χ4n) is 3.65. The molecule has 0 radical (unpaired) electrons. The Kier molecular flexibility index (Phi) is 7.91. The first kappa shape index (κ1) is 25.5. The molecule has 0 aliphatic carbocycles. The lowest BCUT2D eigenvalue weighted by molar-refractivity contribution is -0.137. The van der Waals surface area contributed by atoms with Crippen molar-refractivity contribution in [3.05, 3.63) is 76.6 Å². The van der Waals surface area contributed by atoms with Crippen LogP contribution in [0.5, 0.6) is 0 Å². The highest BCUT2D eigenvalue weighted by Crippen LogP contribution is 2.30. The van der Waals surface area contributed by atoms with Crippen LogP contribution in [0.1, 0.15) is 45.7 Å². The summed E-state index contributed by atoms with van der Waals surface area (Å²) in [7, 11) is 0. The molecule has 0 spiro atoms. The number of benzene rings is 2. The molecule has 1 aromatic heterocycles. The van der Waals surface area contributed by atoms with Crippen molar-refractivity contribution in [2.45, 2.75) is 45.8 Å². The molecule has 7 nitrogen and oxygen atoms in total. The van der Waals surface area contributed by atoms with E-state index in [0.29, 0.717) is 25.1 Å². The maximum atomic E-state index is 12.9. The van der Waals surface area contributed by atoms with Gasteiger partial charge in [-0.3, -0.25) is 14.3 Å². The molecule has 2 aromatic carbocycles. The minimum absolute atomic E-state index is 0.0142. The van der Waals surface area contributed by atoms with E-state index in [0.717, 1.165) is 29.1 Å². The van der Waals surface area contributed by atoms with Crippen LogP contribution in [-0.4, -0.2) is 21.6 Å². The Balaban J connectivity index is 1.61. The molecule has 10 heteroatoms. The number of alkyl halides is 3. The molecule has 182 valence electrons. The summed E-state index contributed by atoms with van der Waals surface area (Å²) >= 11 is 0. The molecule has 3 rings (SSSR count). The third-order valence-electron chi connectivity index (χ3n) is 5.43. The summed E-state index contributed by atoms with van der Waals surface area (Å²) in [5, 5.41) is 18.4. The lowest BCUT2D eigenvalue weighted by Gasteiger charge is -2.11. The smallest absolute Gasteiger partial charge is 0.326 e. The molecule has 35 heavy (non-hydrogen) atoms. The second-order valence-corrected chi connectivity index (χ2v) is 7.94. The van der Waals surface area contributed by atoms with E-state index in [1.54, 1.807) is 16.8 Å². The Morgan fingerprint density at radius 1 is 1.06 bits per heavy atom. The number of amides is 2. The Bertz CT molecular complexity index is 1270. The van der Waals surface area contributed by atoms with Crippen molar-refractivity contribution >= 4 is 23.2 Å². The zero-order chi connectivity index (χ0) is 25.6. The molecule has 0 unspecified atom stereocenters. The molecule has 2 amide bonds. The van der Waals surface area contributed by atoms with Crippen molar-refractivity contribution in [3.63, 3.8) is 0 Å². The van der Waals surface area contributed by atoms with Gasteiger partial charge < -0.3 is 10.6 Å². The quantitative estimate of drug-likeness (QED) is 0.457. The molecule has 0 atom stereocenters. The summed E-state index contributed by atoms with van der Waals surface area (Å²) < 4.78 is 40.5. The summed E-state index contributed by atoms with van der Waals surface area (Å²) in [6.07, 6.45) is -3.52. The molecule has 2 N–H and O–H groups in total. The van der Waals surface area contributed by atoms with Crippen LogP contribution in [0.15, 0.2) is 48.5 Å². The number of halogens is 3. The number of hydrogen-bond acceptors (Lipinski definition) is 4. The van der Waals surface area contributed by atoms with Gasteiger partial charge in [0.1, 0.15) is 0 Å². The fraction of sp³-hybridized carbons (Fsp3) is 0.280. The van der Waals surface area contributed by atoms with Gasteiger partial charge in [0.15, 0.2) is 0 Å². The Labute approximate surface area is 200 Å². The van der Waals surface area contributed by atoms with Crippen LogP contribution >= 0.6 is 0 Å². The Hall–Kier alpha value is -4.13. The number of aryl methyl sites for hydroxylation is 2. The van der Waals surface area contributed by atoms with Gasteiger partial charge in [-0.15, -0.1) is 0 Å². The second kappa shape index (κ2) is 10.9. The fourth-order valence-corrected chi connectivity index (χ4v) is 3.65. The summed E-state index contributed by atoms with van der Waals surface area (Å²) in [6.45, 7) is 4.25. The van der Waals surface area contributed by atoms with Gasteiger partial charge in [0.2, 0.25) is 5.91 Å². The number of rotatable bonds is 8. The van der Waals surface area contributed by atoms with Crippen molar-refractivity contribution in [2.24, 2.45) is 0 Å². The summed E-state index contributed by atoms with van der Waals surface area (Å²) in [5.41, 5.74) is 2.40. The summed E-state index contributed by atoms with van der Waals surface area (Å²) in [4.78, 5) is 25.0. The molecular weight excluding hydrogens is 459 g/mol. The van der Waals surface area contributed by atoms with Gasteiger partial charge in [0.25, 0.3) is 5.91 Å². The third kappa shape index (κ3) is 6.69. The number of anilines is 2. The average Bonchev–Trinajstić information content (AvgIpc) is 3.08. The monoisotopic (exact) mass is 483 g/mol. The molecule has 0 saturated carbocycles. The Morgan fingerprint density at radius 3 is 2.43 bits per heavy atom. The molecule has 0 aliphatic rings. The van der Waals surface area contributed by atoms with Crippen LogP contribution in [0, 0.1) is 25.2 Å². The van der Waals surface area contributed by atoms with Crippen molar-refractivity contribution in [2.75, 3.05) is 10.6 Å². The van der Waals surface area contributed by atoms with E-state index in [1.807, 2.05) is 13.8 Å². The zero-order valence-corrected chi connectivity index (χ0v) is 19.2. The predicted molar refractivity (Wildman–Crippen MR) is 125 cm³/mol. The maximum absolute atomic E-state index is 12.9. The molecular formula is C25H24F3N5O2. The van der Waals surface area contributed by atoms with E-state index in [-0.39, 0.29) is 23.6 Å². The van der Waals surface area contributed by atoms with Gasteiger partial charge in [0.05, 0.1) is 30.3 Å². The average molecular weight is 483 g/mol. The van der Waals surface area contributed by atoms with E-state index in [2.05, 4.69) is 21.8 Å². The van der Waals surface area contributed by atoms with Crippen molar-refractivity contribution in [1.82, 2.24) is 9.78 Å². The number of carbonyl (C=O) groups is 2. The largest absolute Gasteiger partial charge is 0.416 e. The highest BCUT2D eigenvalue weighted by Gasteiger charge is 2.30. The molecule has 0 fully saturated rings. The lowest BCUT2D eigenvalue weighted by atomic mass is 10.1. The first-order valence-electron chi connectivity index (χ1n) is 10.9. The van der Waals surface area contributed by atoms with Crippen molar-refractivity contribution < 1.29 is 22.8 Å². The Morgan fingerprint density at radius 2 is 1.74 bits per heavy atom. The summed E-state index contributed by atoms with van der Waals surface area (Å²) in [6, 6.07) is 12.6. The van der Waals surface area contributed by atoms with Crippen LogP contribution in [0.3, 0.4) is 0 Å². The first-order chi connectivity index (χ1) is 16.6. The molecule has 0 bridgehead atoms. The number of aromatic nitrogens is 2. The van der Waals surface area contributed by atoms with Crippen LogP contribution in [-0.2, 0) is 23.9 Å². The van der Waals surface area contributed by atoms with Crippen LogP contribution in [0.2, 0.25) is 0 Å². The normalized spacial score (nSPS) is 11.1. The van der Waals surface area contributed by atoms with Gasteiger partial charge in [-0.2, -0.15) is 23.5 Å².